The van der Waals surface area contributed by atoms with Crippen LogP contribution in [0.4, 0.5) is 15.8 Å². The van der Waals surface area contributed by atoms with Gasteiger partial charge in [0.2, 0.25) is 0 Å². The molecular weight excluding hydrogens is 370 g/mol. The first kappa shape index (κ1) is 14.9. The molecule has 0 saturated heterocycles. The summed E-state index contributed by atoms with van der Waals surface area (Å²) in [5.41, 5.74) is 8.29. The van der Waals surface area contributed by atoms with E-state index in [0.29, 0.717) is 21.5 Å². The van der Waals surface area contributed by atoms with Crippen LogP contribution in [0.3, 0.4) is 0 Å². The Morgan fingerprint density at radius 3 is 2.75 bits per heavy atom. The van der Waals surface area contributed by atoms with Crippen molar-refractivity contribution in [2.24, 2.45) is 0 Å². The summed E-state index contributed by atoms with van der Waals surface area (Å²) in [5.74, 6) is 0.546. The molecule has 0 spiro atoms. The Labute approximate surface area is 131 Å². The molecule has 0 atom stereocenters. The van der Waals surface area contributed by atoms with Gasteiger partial charge in [-0.25, -0.2) is 4.39 Å². The monoisotopic (exact) mass is 386 g/mol. The van der Waals surface area contributed by atoms with Crippen LogP contribution in [0.2, 0.25) is 0 Å². The quantitative estimate of drug-likeness (QED) is 0.644. The van der Waals surface area contributed by atoms with Gasteiger partial charge in [-0.2, -0.15) is 0 Å². The lowest BCUT2D eigenvalue weighted by Gasteiger charge is -2.22. The molecule has 0 aliphatic heterocycles. The fourth-order valence-corrected chi connectivity index (χ4v) is 2.50. The van der Waals surface area contributed by atoms with Gasteiger partial charge in [-0.3, -0.25) is 0 Å². The number of nitrogen functional groups attached to an aromatic ring is 1. The number of rotatable bonds is 4. The predicted molar refractivity (Wildman–Crippen MR) is 88.6 cm³/mol. The molecule has 0 aliphatic carbocycles. The van der Waals surface area contributed by atoms with Crippen LogP contribution in [-0.4, -0.2) is 14.2 Å². The Bertz CT molecular complexity index is 619. The molecule has 2 rings (SSSR count). The zero-order chi connectivity index (χ0) is 14.7. The molecule has 0 aromatic heterocycles. The molecule has 0 heterocycles. The van der Waals surface area contributed by atoms with Crippen LogP contribution in [-0.2, 0) is 6.54 Å². The van der Waals surface area contributed by atoms with Crippen LogP contribution in [0.5, 0.6) is 5.75 Å². The lowest BCUT2D eigenvalue weighted by atomic mass is 10.2. The van der Waals surface area contributed by atoms with Crippen molar-refractivity contribution in [1.29, 1.82) is 0 Å². The maximum absolute atomic E-state index is 13.7. The molecule has 0 unspecified atom stereocenters. The Morgan fingerprint density at radius 1 is 1.30 bits per heavy atom. The topological polar surface area (TPSA) is 38.5 Å². The number of methoxy groups -OCH3 is 1. The SMILES string of the molecule is COc1cccc(CN(C)c2cc(F)c(I)cc2N)c1. The molecule has 0 aliphatic rings. The van der Waals surface area contributed by atoms with E-state index in [0.717, 1.165) is 11.3 Å². The third kappa shape index (κ3) is 3.33. The van der Waals surface area contributed by atoms with Crippen molar-refractivity contribution < 1.29 is 9.13 Å². The summed E-state index contributed by atoms with van der Waals surface area (Å²) in [4.78, 5) is 1.92. The van der Waals surface area contributed by atoms with Crippen LogP contribution >= 0.6 is 22.6 Å². The van der Waals surface area contributed by atoms with Gasteiger partial charge in [0.25, 0.3) is 0 Å². The highest BCUT2D eigenvalue weighted by Crippen LogP contribution is 2.28. The van der Waals surface area contributed by atoms with E-state index >= 15 is 0 Å². The molecule has 0 bridgehead atoms. The Hall–Kier alpha value is -1.50. The van der Waals surface area contributed by atoms with Crippen LogP contribution < -0.4 is 15.4 Å². The van der Waals surface area contributed by atoms with Crippen molar-refractivity contribution in [3.63, 3.8) is 0 Å². The second-order valence-corrected chi connectivity index (χ2v) is 5.69. The van der Waals surface area contributed by atoms with Crippen molar-refractivity contribution in [2.45, 2.75) is 6.54 Å². The first-order valence-corrected chi connectivity index (χ1v) is 7.17. The maximum atomic E-state index is 13.7. The molecule has 0 fully saturated rings. The second kappa shape index (κ2) is 6.30. The van der Waals surface area contributed by atoms with E-state index in [-0.39, 0.29) is 5.82 Å². The standard InChI is InChI=1S/C15H16FIN2O/c1-19(9-10-4-3-5-11(6-10)20-2)15-7-12(16)13(17)8-14(15)18/h3-8H,9,18H2,1-2H3. The van der Waals surface area contributed by atoms with E-state index < -0.39 is 0 Å². The van der Waals surface area contributed by atoms with E-state index in [9.17, 15) is 4.39 Å². The van der Waals surface area contributed by atoms with E-state index in [1.165, 1.54) is 6.07 Å². The number of nitrogens with two attached hydrogens (primary N) is 1. The Kier molecular flexibility index (Phi) is 4.69. The highest BCUT2D eigenvalue weighted by molar-refractivity contribution is 14.1. The molecule has 5 heteroatoms. The lowest BCUT2D eigenvalue weighted by molar-refractivity contribution is 0.414. The second-order valence-electron chi connectivity index (χ2n) is 4.53. The number of hydrogen-bond donors (Lipinski definition) is 1. The summed E-state index contributed by atoms with van der Waals surface area (Å²) in [5, 5.41) is 0. The van der Waals surface area contributed by atoms with Gasteiger partial charge >= 0.3 is 0 Å². The fourth-order valence-electron chi connectivity index (χ4n) is 2.01. The summed E-state index contributed by atoms with van der Waals surface area (Å²) in [6.45, 7) is 0.626. The largest absolute Gasteiger partial charge is 0.497 e. The van der Waals surface area contributed by atoms with Crippen molar-refractivity contribution in [2.75, 3.05) is 24.8 Å². The summed E-state index contributed by atoms with van der Waals surface area (Å²) < 4.78 is 19.4. The van der Waals surface area contributed by atoms with Gasteiger partial charge < -0.3 is 15.4 Å². The average Bonchev–Trinajstić information content (AvgIpc) is 2.43. The maximum Gasteiger partial charge on any atom is 0.138 e. The smallest absolute Gasteiger partial charge is 0.138 e. The number of benzene rings is 2. The molecule has 0 amide bonds. The summed E-state index contributed by atoms with van der Waals surface area (Å²) in [6, 6.07) is 10.9. The summed E-state index contributed by atoms with van der Waals surface area (Å²) >= 11 is 1.93. The zero-order valence-electron chi connectivity index (χ0n) is 11.4. The molecule has 106 valence electrons. The van der Waals surface area contributed by atoms with Gasteiger partial charge in [0.1, 0.15) is 11.6 Å². The van der Waals surface area contributed by atoms with Crippen LogP contribution in [0.1, 0.15) is 5.56 Å². The van der Waals surface area contributed by atoms with Crippen molar-refractivity contribution in [1.82, 2.24) is 0 Å². The molecule has 2 N–H and O–H groups in total. The van der Waals surface area contributed by atoms with Gasteiger partial charge in [0.15, 0.2) is 0 Å². The van der Waals surface area contributed by atoms with Gasteiger partial charge in [0.05, 0.1) is 22.1 Å². The number of anilines is 2. The molecule has 0 saturated carbocycles. The minimum absolute atomic E-state index is 0.257. The molecule has 3 nitrogen and oxygen atoms in total. The average molecular weight is 386 g/mol. The predicted octanol–water partition coefficient (Wildman–Crippen LogP) is 3.66. The molecule has 2 aromatic carbocycles. The van der Waals surface area contributed by atoms with Crippen molar-refractivity contribution in [3.05, 3.63) is 51.3 Å². The summed E-state index contributed by atoms with van der Waals surface area (Å²) in [6.07, 6.45) is 0. The van der Waals surface area contributed by atoms with E-state index in [1.807, 2.05) is 58.8 Å². The molecule has 0 radical (unpaired) electrons. The van der Waals surface area contributed by atoms with E-state index in [1.54, 1.807) is 13.2 Å². The summed E-state index contributed by atoms with van der Waals surface area (Å²) in [7, 11) is 3.52. The fraction of sp³-hybridized carbons (Fsp3) is 0.200. The molecule has 20 heavy (non-hydrogen) atoms. The minimum Gasteiger partial charge on any atom is -0.497 e. The number of ether oxygens (including phenoxy) is 1. The molecular formula is C15H16FIN2O. The van der Waals surface area contributed by atoms with Gasteiger partial charge in [0, 0.05) is 19.7 Å². The third-order valence-electron chi connectivity index (χ3n) is 3.03. The normalized spacial score (nSPS) is 10.4. The number of nitrogens with zero attached hydrogens (tertiary/aromatic N) is 1. The van der Waals surface area contributed by atoms with Crippen LogP contribution in [0.25, 0.3) is 0 Å². The molecule has 2 aromatic rings. The number of hydrogen-bond acceptors (Lipinski definition) is 3. The van der Waals surface area contributed by atoms with Crippen LogP contribution in [0, 0.1) is 9.39 Å². The van der Waals surface area contributed by atoms with Crippen LogP contribution in [0.15, 0.2) is 36.4 Å². The zero-order valence-corrected chi connectivity index (χ0v) is 13.5. The first-order valence-electron chi connectivity index (χ1n) is 6.10. The minimum atomic E-state index is -0.257. The lowest BCUT2D eigenvalue weighted by Crippen LogP contribution is -2.18. The Morgan fingerprint density at radius 2 is 2.05 bits per heavy atom. The van der Waals surface area contributed by atoms with Gasteiger partial charge in [-0.15, -0.1) is 0 Å². The highest BCUT2D eigenvalue weighted by atomic mass is 127. The highest BCUT2D eigenvalue weighted by Gasteiger charge is 2.10. The third-order valence-corrected chi connectivity index (χ3v) is 3.86. The van der Waals surface area contributed by atoms with Gasteiger partial charge in [-0.05, 0) is 46.4 Å². The Balaban J connectivity index is 2.23. The van der Waals surface area contributed by atoms with E-state index in [4.69, 9.17) is 10.5 Å². The van der Waals surface area contributed by atoms with E-state index in [2.05, 4.69) is 0 Å². The number of halogens is 2. The first-order chi connectivity index (χ1) is 9.51. The van der Waals surface area contributed by atoms with Gasteiger partial charge in [-0.1, -0.05) is 12.1 Å². The van der Waals surface area contributed by atoms with Crippen molar-refractivity contribution >= 4 is 34.0 Å². The van der Waals surface area contributed by atoms with Crippen molar-refractivity contribution in [3.8, 4) is 5.75 Å².